The van der Waals surface area contributed by atoms with Crippen LogP contribution in [0.15, 0.2) is 48.5 Å². The van der Waals surface area contributed by atoms with E-state index < -0.39 is 0 Å². The second-order valence-corrected chi connectivity index (χ2v) is 4.03. The summed E-state index contributed by atoms with van der Waals surface area (Å²) >= 11 is 0. The van der Waals surface area contributed by atoms with E-state index in [-0.39, 0.29) is 0 Å². The number of aromatic nitrogens is 3. The van der Waals surface area contributed by atoms with Gasteiger partial charge in [-0.25, -0.2) is 4.98 Å². The van der Waals surface area contributed by atoms with Crippen molar-refractivity contribution in [3.05, 3.63) is 59.9 Å². The van der Waals surface area contributed by atoms with E-state index in [4.69, 9.17) is 4.74 Å². The first-order valence-electron chi connectivity index (χ1n) is 5.79. The van der Waals surface area contributed by atoms with Gasteiger partial charge in [-0.3, -0.25) is 0 Å². The molecule has 4 nitrogen and oxygen atoms in total. The molecule has 3 aromatic rings. The topological polar surface area (TPSA) is 39.4 Å². The van der Waals surface area contributed by atoms with E-state index in [0.717, 1.165) is 17.9 Å². The summed E-state index contributed by atoms with van der Waals surface area (Å²) in [6, 6.07) is 15.9. The van der Waals surface area contributed by atoms with Gasteiger partial charge in [0.25, 0.3) is 0 Å². The Hall–Kier alpha value is -2.36. The van der Waals surface area contributed by atoms with Crippen LogP contribution in [0.3, 0.4) is 0 Å². The molecular formula is C14H13N3O. The van der Waals surface area contributed by atoms with Gasteiger partial charge in [0.1, 0.15) is 0 Å². The van der Waals surface area contributed by atoms with Crippen molar-refractivity contribution in [2.45, 2.75) is 6.42 Å². The molecule has 90 valence electrons. The second-order valence-electron chi connectivity index (χ2n) is 4.03. The smallest absolute Gasteiger partial charge is 0.216 e. The molecule has 0 atom stereocenters. The van der Waals surface area contributed by atoms with Crippen LogP contribution in [0.2, 0.25) is 0 Å². The summed E-state index contributed by atoms with van der Waals surface area (Å²) in [6.07, 6.45) is 0.728. The molecule has 0 aliphatic heterocycles. The minimum Gasteiger partial charge on any atom is -0.481 e. The van der Waals surface area contributed by atoms with Crippen LogP contribution in [0, 0.1) is 0 Å². The summed E-state index contributed by atoms with van der Waals surface area (Å²) in [5.74, 6) is 1.49. The monoisotopic (exact) mass is 239 g/mol. The average Bonchev–Trinajstić information content (AvgIpc) is 2.82. The van der Waals surface area contributed by atoms with E-state index in [1.54, 1.807) is 11.6 Å². The van der Waals surface area contributed by atoms with Crippen LogP contribution in [0.4, 0.5) is 0 Å². The molecule has 1 aromatic carbocycles. The normalized spacial score (nSPS) is 10.7. The highest BCUT2D eigenvalue weighted by Gasteiger charge is 2.07. The van der Waals surface area contributed by atoms with Crippen LogP contribution in [-0.2, 0) is 6.42 Å². The third-order valence-corrected chi connectivity index (χ3v) is 2.78. The highest BCUT2D eigenvalue weighted by atomic mass is 16.5. The molecule has 0 N–H and O–H groups in total. The lowest BCUT2D eigenvalue weighted by Gasteiger charge is -1.99. The number of rotatable bonds is 3. The molecule has 4 heteroatoms. The maximum atomic E-state index is 5.25. The first-order chi connectivity index (χ1) is 8.86. The predicted octanol–water partition coefficient (Wildman–Crippen LogP) is 2.33. The van der Waals surface area contributed by atoms with Crippen LogP contribution in [0.5, 0.6) is 5.88 Å². The molecular weight excluding hydrogens is 226 g/mol. The number of fused-ring (bicyclic) bond motifs is 1. The molecule has 0 amide bonds. The number of pyridine rings is 1. The lowest BCUT2D eigenvalue weighted by Crippen LogP contribution is -1.96. The molecule has 0 unspecified atom stereocenters. The molecule has 0 saturated carbocycles. The van der Waals surface area contributed by atoms with Crippen LogP contribution in [0.1, 0.15) is 11.4 Å². The Labute approximate surface area is 105 Å². The second kappa shape index (κ2) is 4.49. The van der Waals surface area contributed by atoms with Crippen molar-refractivity contribution in [2.75, 3.05) is 7.11 Å². The predicted molar refractivity (Wildman–Crippen MR) is 68.8 cm³/mol. The van der Waals surface area contributed by atoms with E-state index in [0.29, 0.717) is 5.88 Å². The molecule has 0 spiro atoms. The first kappa shape index (κ1) is 10.8. The molecule has 2 aromatic heterocycles. The maximum Gasteiger partial charge on any atom is 0.216 e. The van der Waals surface area contributed by atoms with Crippen molar-refractivity contribution in [3.63, 3.8) is 0 Å². The molecule has 0 aliphatic carbocycles. The summed E-state index contributed by atoms with van der Waals surface area (Å²) < 4.78 is 6.97. The fraction of sp³-hybridized carbons (Fsp3) is 0.143. The minimum atomic E-state index is 0.694. The molecule has 0 radical (unpaired) electrons. The quantitative estimate of drug-likeness (QED) is 0.704. The van der Waals surface area contributed by atoms with Crippen molar-refractivity contribution in [3.8, 4) is 5.88 Å². The van der Waals surface area contributed by atoms with E-state index in [1.165, 1.54) is 5.56 Å². The summed E-state index contributed by atoms with van der Waals surface area (Å²) in [7, 11) is 1.63. The highest BCUT2D eigenvalue weighted by molar-refractivity contribution is 5.41. The third-order valence-electron chi connectivity index (χ3n) is 2.78. The van der Waals surface area contributed by atoms with Crippen molar-refractivity contribution >= 4 is 5.65 Å². The number of ether oxygens (including phenoxy) is 1. The molecule has 0 fully saturated rings. The minimum absolute atomic E-state index is 0.694. The van der Waals surface area contributed by atoms with Gasteiger partial charge in [0.05, 0.1) is 7.11 Å². The lowest BCUT2D eigenvalue weighted by atomic mass is 10.1. The number of benzene rings is 1. The first-order valence-corrected chi connectivity index (χ1v) is 5.79. The Bertz CT molecular complexity index is 661. The van der Waals surface area contributed by atoms with Gasteiger partial charge in [-0.2, -0.15) is 4.52 Å². The van der Waals surface area contributed by atoms with Gasteiger partial charge in [-0.1, -0.05) is 36.4 Å². The summed E-state index contributed by atoms with van der Waals surface area (Å²) in [4.78, 5) is 4.49. The Morgan fingerprint density at radius 2 is 1.89 bits per heavy atom. The fourth-order valence-electron chi connectivity index (χ4n) is 1.93. The summed E-state index contributed by atoms with van der Waals surface area (Å²) in [6.45, 7) is 0. The Balaban J connectivity index is 1.99. The Morgan fingerprint density at radius 3 is 2.67 bits per heavy atom. The van der Waals surface area contributed by atoms with Crippen molar-refractivity contribution in [1.29, 1.82) is 0 Å². The summed E-state index contributed by atoms with van der Waals surface area (Å²) in [5, 5.41) is 4.46. The maximum absolute atomic E-state index is 5.25. The SMILES string of the molecule is COc1cccc2nc(Cc3ccccc3)nn12. The molecule has 2 heterocycles. The van der Waals surface area contributed by atoms with Crippen LogP contribution in [0.25, 0.3) is 5.65 Å². The molecule has 0 saturated heterocycles. The third kappa shape index (κ3) is 1.93. The lowest BCUT2D eigenvalue weighted by molar-refractivity contribution is 0.385. The summed E-state index contributed by atoms with van der Waals surface area (Å²) in [5.41, 5.74) is 2.01. The largest absolute Gasteiger partial charge is 0.481 e. The van der Waals surface area contributed by atoms with E-state index in [1.807, 2.05) is 36.4 Å². The highest BCUT2D eigenvalue weighted by Crippen LogP contribution is 2.14. The van der Waals surface area contributed by atoms with E-state index in [9.17, 15) is 0 Å². The van der Waals surface area contributed by atoms with Gasteiger partial charge in [0.15, 0.2) is 11.5 Å². The van der Waals surface area contributed by atoms with E-state index >= 15 is 0 Å². The standard InChI is InChI=1S/C14H13N3O/c1-18-14-9-5-8-13-15-12(16-17(13)14)10-11-6-3-2-4-7-11/h2-9H,10H2,1H3. The average molecular weight is 239 g/mol. The molecule has 3 rings (SSSR count). The van der Waals surface area contributed by atoms with Crippen LogP contribution in [-0.4, -0.2) is 21.7 Å². The van der Waals surface area contributed by atoms with Gasteiger partial charge >= 0.3 is 0 Å². The van der Waals surface area contributed by atoms with Crippen molar-refractivity contribution in [2.24, 2.45) is 0 Å². The number of nitrogens with zero attached hydrogens (tertiary/aromatic N) is 3. The van der Waals surface area contributed by atoms with Crippen molar-refractivity contribution < 1.29 is 4.74 Å². The van der Waals surface area contributed by atoms with E-state index in [2.05, 4.69) is 22.2 Å². The fourth-order valence-corrected chi connectivity index (χ4v) is 1.93. The Kier molecular flexibility index (Phi) is 2.68. The van der Waals surface area contributed by atoms with Gasteiger partial charge in [-0.05, 0) is 11.6 Å². The molecule has 0 bridgehead atoms. The number of hydrogen-bond donors (Lipinski definition) is 0. The zero-order chi connectivity index (χ0) is 12.4. The van der Waals surface area contributed by atoms with Gasteiger partial charge in [-0.15, -0.1) is 5.10 Å². The van der Waals surface area contributed by atoms with Gasteiger partial charge in [0.2, 0.25) is 5.88 Å². The molecule has 18 heavy (non-hydrogen) atoms. The zero-order valence-electron chi connectivity index (χ0n) is 10.1. The number of methoxy groups -OCH3 is 1. The zero-order valence-corrected chi connectivity index (χ0v) is 10.1. The van der Waals surface area contributed by atoms with Crippen LogP contribution >= 0.6 is 0 Å². The van der Waals surface area contributed by atoms with Gasteiger partial charge in [0, 0.05) is 12.5 Å². The number of hydrogen-bond acceptors (Lipinski definition) is 3. The Morgan fingerprint density at radius 1 is 1.06 bits per heavy atom. The molecule has 0 aliphatic rings. The van der Waals surface area contributed by atoms with Gasteiger partial charge < -0.3 is 4.74 Å². The van der Waals surface area contributed by atoms with Crippen LogP contribution < -0.4 is 4.74 Å². The van der Waals surface area contributed by atoms with Crippen molar-refractivity contribution in [1.82, 2.24) is 14.6 Å².